The minimum Gasteiger partial charge on any atom is -0.359 e. The molecular formula is C32H33Br2F6IN2O3Si. The van der Waals surface area contributed by atoms with Crippen molar-refractivity contribution in [1.82, 2.24) is 9.97 Å². The Morgan fingerprint density at radius 1 is 0.809 bits per heavy atom. The van der Waals surface area contributed by atoms with Gasteiger partial charge in [-0.25, -0.2) is 8.78 Å². The molecule has 1 aliphatic rings. The number of rotatable bonds is 7. The predicted molar refractivity (Wildman–Crippen MR) is 188 cm³/mol. The molecular weight excluding hydrogens is 889 g/mol. The number of carbonyl (C=O) groups excluding carboxylic acids is 1. The van der Waals surface area contributed by atoms with Crippen LogP contribution in [0.2, 0.25) is 19.6 Å². The van der Waals surface area contributed by atoms with E-state index in [0.29, 0.717) is 8.95 Å². The maximum absolute atomic E-state index is 14.6. The molecule has 0 saturated carbocycles. The Bertz CT molecular complexity index is 1530. The molecule has 1 aliphatic heterocycles. The normalized spacial score (nSPS) is 15.4. The molecule has 47 heavy (non-hydrogen) atoms. The standard InChI is InChI=1S/C14H9BrF3NO.C13H7BrF3NO.C3H9IOSi.2CH4/c15-10-3-6-12(19-7-10)14(17,18)13(8-20-13)9-1-4-11(16)5-2-9;14-9-3-6-11(18-7-9)13(16,17)12(19)8-1-4-10(15)5-2-8;1-6(2,3)5-4;;/h1-7H,8H2;1-7H;1-3H3;2*1H4. The average molecular weight is 922 g/mol. The Labute approximate surface area is 302 Å². The van der Waals surface area contributed by atoms with Crippen LogP contribution in [-0.2, 0) is 24.9 Å². The fraction of sp³-hybridized carbons (Fsp3) is 0.281. The molecule has 0 N–H and O–H groups in total. The number of benzene rings is 2. The van der Waals surface area contributed by atoms with Gasteiger partial charge in [0.2, 0.25) is 5.78 Å². The van der Waals surface area contributed by atoms with Gasteiger partial charge >= 0.3 is 11.8 Å². The van der Waals surface area contributed by atoms with E-state index in [9.17, 15) is 31.1 Å². The molecule has 3 heterocycles. The van der Waals surface area contributed by atoms with Crippen LogP contribution in [0, 0.1) is 11.6 Å². The SMILES string of the molecule is C.C.C[Si](C)(C)OI.Fc1ccc(C2(C(F)(F)c3ccc(Br)cn3)CO2)cc1.O=C(c1ccc(F)cc1)C(F)(F)c1ccc(Br)cn1. The molecule has 15 heteroatoms. The van der Waals surface area contributed by atoms with Gasteiger partial charge in [0, 0.05) is 26.9 Å². The fourth-order valence-electron chi connectivity index (χ4n) is 3.55. The first-order valence-electron chi connectivity index (χ1n) is 12.9. The highest BCUT2D eigenvalue weighted by Crippen LogP contribution is 2.55. The van der Waals surface area contributed by atoms with Gasteiger partial charge in [0.05, 0.1) is 29.6 Å². The zero-order chi connectivity index (χ0) is 33.6. The van der Waals surface area contributed by atoms with Gasteiger partial charge in [0.15, 0.2) is 13.9 Å². The molecule has 0 spiro atoms. The van der Waals surface area contributed by atoms with Crippen LogP contribution >= 0.6 is 54.9 Å². The highest BCUT2D eigenvalue weighted by atomic mass is 127. The van der Waals surface area contributed by atoms with Crippen molar-refractivity contribution in [2.75, 3.05) is 6.61 Å². The number of alkyl halides is 4. The zero-order valence-electron chi connectivity index (χ0n) is 23.8. The van der Waals surface area contributed by atoms with Crippen LogP contribution in [0.5, 0.6) is 0 Å². The summed E-state index contributed by atoms with van der Waals surface area (Å²) in [6.07, 6.45) is 2.49. The first-order chi connectivity index (χ1) is 20.9. The van der Waals surface area contributed by atoms with Gasteiger partial charge in [-0.2, -0.15) is 17.6 Å². The van der Waals surface area contributed by atoms with Gasteiger partial charge < -0.3 is 7.49 Å². The summed E-state index contributed by atoms with van der Waals surface area (Å²) in [4.78, 5) is 19.0. The van der Waals surface area contributed by atoms with Gasteiger partial charge in [-0.05, 0) is 118 Å². The number of Topliss-reactive ketones (excluding diaryl/α,β-unsaturated/α-hetero) is 1. The molecule has 2 aromatic heterocycles. The maximum Gasteiger partial charge on any atom is 0.351 e. The van der Waals surface area contributed by atoms with Crippen molar-refractivity contribution in [1.29, 1.82) is 0 Å². The number of ether oxygens (including phenoxy) is 1. The summed E-state index contributed by atoms with van der Waals surface area (Å²) in [6, 6.07) is 14.0. The molecule has 1 unspecified atom stereocenters. The Kier molecular flexibility index (Phi) is 15.9. The van der Waals surface area contributed by atoms with Gasteiger partial charge in [0.25, 0.3) is 0 Å². The highest BCUT2D eigenvalue weighted by molar-refractivity contribution is 14.1. The largest absolute Gasteiger partial charge is 0.359 e. The number of ketones is 1. The van der Waals surface area contributed by atoms with Crippen molar-refractivity contribution in [2.45, 2.75) is 51.9 Å². The lowest BCUT2D eigenvalue weighted by atomic mass is 9.91. The van der Waals surface area contributed by atoms with Crippen LogP contribution in [0.4, 0.5) is 26.3 Å². The third-order valence-electron chi connectivity index (χ3n) is 5.97. The average Bonchev–Trinajstić information content (AvgIpc) is 3.81. The third kappa shape index (κ3) is 11.2. The molecule has 256 valence electrons. The number of carbonyl (C=O) groups is 1. The van der Waals surface area contributed by atoms with Crippen LogP contribution in [0.3, 0.4) is 0 Å². The number of epoxide rings is 1. The molecule has 0 amide bonds. The molecule has 1 fully saturated rings. The fourth-order valence-corrected chi connectivity index (χ4v) is 4.02. The Morgan fingerprint density at radius 3 is 1.57 bits per heavy atom. The molecule has 0 aliphatic carbocycles. The summed E-state index contributed by atoms with van der Waals surface area (Å²) in [6.45, 7) is 6.34. The molecule has 0 radical (unpaired) electrons. The number of aromatic nitrogens is 2. The lowest BCUT2D eigenvalue weighted by molar-refractivity contribution is -0.0890. The van der Waals surface area contributed by atoms with Crippen LogP contribution in [-0.4, -0.2) is 30.7 Å². The monoisotopic (exact) mass is 920 g/mol. The molecule has 5 nitrogen and oxygen atoms in total. The first kappa shape index (κ1) is 42.8. The van der Waals surface area contributed by atoms with Crippen molar-refractivity contribution in [3.63, 3.8) is 0 Å². The van der Waals surface area contributed by atoms with Crippen molar-refractivity contribution in [3.05, 3.63) is 128 Å². The van der Waals surface area contributed by atoms with E-state index in [1.807, 2.05) is 23.0 Å². The summed E-state index contributed by atoms with van der Waals surface area (Å²) >= 11 is 8.17. The molecule has 0 bridgehead atoms. The lowest BCUT2D eigenvalue weighted by Gasteiger charge is -2.23. The lowest BCUT2D eigenvalue weighted by Crippen LogP contribution is -2.33. The first-order valence-corrected chi connectivity index (χ1v) is 18.8. The van der Waals surface area contributed by atoms with E-state index in [1.165, 1.54) is 42.7 Å². The van der Waals surface area contributed by atoms with Crippen molar-refractivity contribution >= 4 is 69.0 Å². The van der Waals surface area contributed by atoms with E-state index in [0.717, 1.165) is 42.5 Å². The maximum atomic E-state index is 14.6. The van der Waals surface area contributed by atoms with Crippen LogP contribution < -0.4 is 0 Å². The summed E-state index contributed by atoms with van der Waals surface area (Å²) in [5.74, 6) is -9.53. The quantitative estimate of drug-likeness (QED) is 0.0607. The summed E-state index contributed by atoms with van der Waals surface area (Å²) in [7, 11) is -1.14. The van der Waals surface area contributed by atoms with Crippen molar-refractivity contribution in [3.8, 4) is 0 Å². The zero-order valence-corrected chi connectivity index (χ0v) is 30.1. The second kappa shape index (κ2) is 17.5. The van der Waals surface area contributed by atoms with Crippen molar-refractivity contribution < 1.29 is 38.6 Å². The Balaban J connectivity index is 0.000000388. The topological polar surface area (TPSA) is 64.6 Å². The van der Waals surface area contributed by atoms with E-state index in [1.54, 1.807) is 0 Å². The summed E-state index contributed by atoms with van der Waals surface area (Å²) in [5, 5.41) is 0. The van der Waals surface area contributed by atoms with Gasteiger partial charge in [-0.1, -0.05) is 27.0 Å². The van der Waals surface area contributed by atoms with E-state index in [4.69, 9.17) is 7.49 Å². The smallest absolute Gasteiger partial charge is 0.351 e. The van der Waals surface area contributed by atoms with E-state index in [2.05, 4.69) is 61.5 Å². The second-order valence-corrected chi connectivity index (χ2v) is 18.1. The van der Waals surface area contributed by atoms with Crippen LogP contribution in [0.25, 0.3) is 0 Å². The number of halogens is 9. The Hall–Kier alpha value is -2.18. The summed E-state index contributed by atoms with van der Waals surface area (Å²) in [5.41, 5.74) is -2.79. The highest BCUT2D eigenvalue weighted by Gasteiger charge is 2.67. The van der Waals surface area contributed by atoms with E-state index < -0.39 is 48.9 Å². The molecule has 2 aromatic carbocycles. The van der Waals surface area contributed by atoms with E-state index in [-0.39, 0.29) is 38.3 Å². The Morgan fingerprint density at radius 2 is 1.21 bits per heavy atom. The summed E-state index contributed by atoms with van der Waals surface area (Å²) < 4.78 is 94.0. The van der Waals surface area contributed by atoms with Gasteiger partial charge in [-0.15, -0.1) is 0 Å². The minimum atomic E-state index is -3.75. The molecule has 5 rings (SSSR count). The number of hydrogen-bond acceptors (Lipinski definition) is 5. The van der Waals surface area contributed by atoms with Crippen LogP contribution in [0.1, 0.15) is 42.2 Å². The van der Waals surface area contributed by atoms with Crippen molar-refractivity contribution in [2.24, 2.45) is 0 Å². The van der Waals surface area contributed by atoms with Gasteiger partial charge in [0.1, 0.15) is 23.0 Å². The number of hydrogen-bond donors (Lipinski definition) is 0. The number of nitrogens with zero attached hydrogens (tertiary/aromatic N) is 2. The molecule has 4 aromatic rings. The molecule has 1 saturated heterocycles. The van der Waals surface area contributed by atoms with E-state index >= 15 is 0 Å². The minimum absolute atomic E-state index is 0. The predicted octanol–water partition coefficient (Wildman–Crippen LogP) is 11.4. The van der Waals surface area contributed by atoms with Gasteiger partial charge in [-0.3, -0.25) is 14.8 Å². The molecule has 1 atom stereocenters. The number of pyridine rings is 2. The van der Waals surface area contributed by atoms with Crippen LogP contribution in [0.15, 0.2) is 94.1 Å². The second-order valence-electron chi connectivity index (χ2n) is 10.5. The third-order valence-corrected chi connectivity index (χ3v) is 11.3.